The Morgan fingerprint density at radius 2 is 2.12 bits per heavy atom. The molecule has 1 aromatic carbocycles. The molecule has 0 saturated carbocycles. The van der Waals surface area contributed by atoms with E-state index >= 15 is 0 Å². The van der Waals surface area contributed by atoms with E-state index in [9.17, 15) is 19.8 Å². The Bertz CT molecular complexity index is 979. The molecule has 2 heterocycles. The molecule has 1 aliphatic rings. The van der Waals surface area contributed by atoms with Crippen LogP contribution in [0.4, 0.5) is 0 Å². The molecular weight excluding hydrogens is 438 g/mol. The van der Waals surface area contributed by atoms with Gasteiger partial charge in [-0.3, -0.25) is 4.79 Å². The number of aromatic hydroxyl groups is 1. The number of hydrogen-bond donors (Lipinski definition) is 3. The lowest BCUT2D eigenvalue weighted by molar-refractivity contribution is -0.122. The van der Waals surface area contributed by atoms with E-state index in [1.165, 1.54) is 24.9 Å². The molecule has 1 amide bonds. The Morgan fingerprint density at radius 1 is 1.34 bits per heavy atom. The van der Waals surface area contributed by atoms with Gasteiger partial charge in [0.1, 0.15) is 17.5 Å². The Labute approximate surface area is 189 Å². The zero-order valence-corrected chi connectivity index (χ0v) is 19.0. The third-order valence-electron chi connectivity index (χ3n) is 5.24. The summed E-state index contributed by atoms with van der Waals surface area (Å²) in [6, 6.07) is 0.920. The molecule has 1 aliphatic heterocycles. The van der Waals surface area contributed by atoms with Gasteiger partial charge in [0, 0.05) is 47.6 Å². The summed E-state index contributed by atoms with van der Waals surface area (Å²) in [5.41, 5.74) is 1.19. The topological polar surface area (TPSA) is 144 Å². The molecule has 2 atom stereocenters. The molecule has 0 aliphatic carbocycles. The molecule has 3 N–H and O–H groups in total. The number of rotatable bonds is 3. The first-order chi connectivity index (χ1) is 15.3. The van der Waals surface area contributed by atoms with Crippen LogP contribution in [0, 0.1) is 19.8 Å². The fraction of sp³-hybridized carbons (Fsp3) is 0.524. The van der Waals surface area contributed by atoms with Crippen molar-refractivity contribution in [3.05, 3.63) is 34.5 Å². The smallest absolute Gasteiger partial charge is 0.338 e. The zero-order chi connectivity index (χ0) is 23.3. The minimum absolute atomic E-state index is 0.0567. The minimum Gasteiger partial charge on any atom is -0.507 e. The Hall–Kier alpha value is -2.79. The van der Waals surface area contributed by atoms with Crippen LogP contribution in [0.25, 0.3) is 0 Å². The van der Waals surface area contributed by atoms with E-state index in [0.29, 0.717) is 34.9 Å². The number of aliphatic hydroxyl groups excluding tert-OH is 1. The Kier molecular flexibility index (Phi) is 7.97. The summed E-state index contributed by atoms with van der Waals surface area (Å²) in [6.07, 6.45) is 0.467. The molecule has 2 aromatic rings. The number of phenolic OH excluding ortho intramolecular Hbond substituents is 1. The quantitative estimate of drug-likeness (QED) is 0.576. The van der Waals surface area contributed by atoms with E-state index in [4.69, 9.17) is 14.0 Å². The fourth-order valence-electron chi connectivity index (χ4n) is 3.43. The Balaban J connectivity index is 1.96. The van der Waals surface area contributed by atoms with Gasteiger partial charge in [-0.05, 0) is 20.3 Å². The summed E-state index contributed by atoms with van der Waals surface area (Å²) in [6.45, 7) is 3.11. The molecule has 11 heteroatoms. The van der Waals surface area contributed by atoms with Gasteiger partial charge in [-0.1, -0.05) is 5.16 Å². The van der Waals surface area contributed by atoms with E-state index in [2.05, 4.69) is 15.5 Å². The Morgan fingerprint density at radius 3 is 2.78 bits per heavy atom. The number of esters is 1. The summed E-state index contributed by atoms with van der Waals surface area (Å²) in [5, 5.41) is 26.9. The number of nitrogens with zero attached hydrogens (tertiary/aromatic N) is 2. The van der Waals surface area contributed by atoms with Crippen molar-refractivity contribution in [3.63, 3.8) is 0 Å². The van der Waals surface area contributed by atoms with Gasteiger partial charge < -0.3 is 29.5 Å². The fourth-order valence-corrected chi connectivity index (χ4v) is 4.51. The number of ether oxygens (including phenoxy) is 2. The monoisotopic (exact) mass is 465 g/mol. The number of benzene rings is 1. The van der Waals surface area contributed by atoms with Gasteiger partial charge in [0.05, 0.1) is 19.3 Å². The second-order valence-corrected chi connectivity index (χ2v) is 8.61. The number of aliphatic hydroxyl groups is 1. The van der Waals surface area contributed by atoms with Crippen LogP contribution in [0.15, 0.2) is 10.6 Å². The minimum atomic E-state index is -0.615. The highest BCUT2D eigenvalue weighted by Gasteiger charge is 2.27. The van der Waals surface area contributed by atoms with Crippen molar-refractivity contribution in [3.8, 4) is 11.5 Å². The van der Waals surface area contributed by atoms with Crippen LogP contribution >= 0.6 is 11.8 Å². The van der Waals surface area contributed by atoms with Crippen molar-refractivity contribution >= 4 is 23.6 Å². The van der Waals surface area contributed by atoms with Crippen LogP contribution in [-0.4, -0.2) is 58.3 Å². The summed E-state index contributed by atoms with van der Waals surface area (Å²) in [7, 11) is 1.46. The van der Waals surface area contributed by atoms with Crippen molar-refractivity contribution in [2.24, 2.45) is 5.92 Å². The molecular formula is C21H27N3O7S. The van der Waals surface area contributed by atoms with Crippen LogP contribution in [0.3, 0.4) is 0 Å². The summed E-state index contributed by atoms with van der Waals surface area (Å²) in [4.78, 5) is 29.6. The van der Waals surface area contributed by atoms with Gasteiger partial charge in [-0.2, -0.15) is 16.7 Å². The first kappa shape index (κ1) is 23.9. The van der Waals surface area contributed by atoms with Gasteiger partial charge in [0.15, 0.2) is 5.82 Å². The molecule has 3 rings (SSSR count). The molecule has 0 saturated heterocycles. The SMILES string of the molecule is COc1cc(O)c2c(c1C)C(=O)OC[C@H](CO)CCC(=O)N[C@H](c1nc(C)no1)CSC2. The van der Waals surface area contributed by atoms with Crippen LogP contribution in [-0.2, 0) is 15.3 Å². The molecule has 0 fully saturated rings. The maximum Gasteiger partial charge on any atom is 0.338 e. The molecule has 0 radical (unpaired) electrons. The molecule has 1 aromatic heterocycles. The van der Waals surface area contributed by atoms with Crippen LogP contribution in [0.2, 0.25) is 0 Å². The van der Waals surface area contributed by atoms with E-state index in [1.807, 2.05) is 0 Å². The van der Waals surface area contributed by atoms with Crippen molar-refractivity contribution in [2.75, 3.05) is 26.1 Å². The number of phenols is 1. The lowest BCUT2D eigenvalue weighted by Crippen LogP contribution is -2.31. The van der Waals surface area contributed by atoms with Gasteiger partial charge in [0.25, 0.3) is 0 Å². The zero-order valence-electron chi connectivity index (χ0n) is 18.2. The third-order valence-corrected chi connectivity index (χ3v) is 6.30. The number of cyclic esters (lactones) is 1. The van der Waals surface area contributed by atoms with Crippen LogP contribution in [0.1, 0.15) is 52.1 Å². The molecule has 0 spiro atoms. The van der Waals surface area contributed by atoms with Gasteiger partial charge in [0.2, 0.25) is 11.8 Å². The van der Waals surface area contributed by atoms with Crippen LogP contribution in [0.5, 0.6) is 11.5 Å². The number of fused-ring (bicyclic) bond motifs is 1. The van der Waals surface area contributed by atoms with Crippen molar-refractivity contribution in [2.45, 2.75) is 38.5 Å². The first-order valence-corrected chi connectivity index (χ1v) is 11.3. The van der Waals surface area contributed by atoms with E-state index in [1.54, 1.807) is 13.8 Å². The number of thioether (sulfide) groups is 1. The van der Waals surface area contributed by atoms with Gasteiger partial charge in [-0.25, -0.2) is 4.79 Å². The number of amides is 1. The number of aryl methyl sites for hydroxylation is 1. The largest absolute Gasteiger partial charge is 0.507 e. The predicted molar refractivity (Wildman–Crippen MR) is 116 cm³/mol. The van der Waals surface area contributed by atoms with Crippen LogP contribution < -0.4 is 10.1 Å². The summed E-state index contributed by atoms with van der Waals surface area (Å²) >= 11 is 1.39. The van der Waals surface area contributed by atoms with Gasteiger partial charge >= 0.3 is 5.97 Å². The maximum absolute atomic E-state index is 12.9. The number of carbonyl (C=O) groups excluding carboxylic acids is 2. The number of methoxy groups -OCH3 is 1. The van der Waals surface area contributed by atoms with Gasteiger partial charge in [-0.15, -0.1) is 0 Å². The lowest BCUT2D eigenvalue weighted by Gasteiger charge is -2.21. The molecule has 10 nitrogen and oxygen atoms in total. The summed E-state index contributed by atoms with van der Waals surface area (Å²) < 4.78 is 16.0. The second-order valence-electron chi connectivity index (χ2n) is 7.58. The number of hydrogen-bond acceptors (Lipinski definition) is 10. The van der Waals surface area contributed by atoms with E-state index < -0.39 is 17.9 Å². The standard InChI is InChI=1S/C21H27N3O7S/c1-11-17(29-3)6-16(26)14-9-32-10-15(20-22-12(2)24-31-20)23-18(27)5-4-13(7-25)8-30-21(28)19(11)14/h6,13,15,25-26H,4-5,7-10H2,1-3H3,(H,23,27)/t13-,15-/m0/s1. The lowest BCUT2D eigenvalue weighted by atomic mass is 10.0. The van der Waals surface area contributed by atoms with E-state index in [-0.39, 0.29) is 48.5 Å². The van der Waals surface area contributed by atoms with Crippen molar-refractivity contribution < 1.29 is 33.8 Å². The molecule has 0 bridgehead atoms. The molecule has 0 unspecified atom stereocenters. The average Bonchev–Trinajstić information content (AvgIpc) is 3.20. The normalized spacial score (nSPS) is 20.6. The second kappa shape index (κ2) is 10.7. The molecule has 32 heavy (non-hydrogen) atoms. The first-order valence-electron chi connectivity index (χ1n) is 10.2. The average molecular weight is 466 g/mol. The number of carbonyl (C=O) groups is 2. The third kappa shape index (κ3) is 5.52. The number of aromatic nitrogens is 2. The summed E-state index contributed by atoms with van der Waals surface area (Å²) in [5.74, 6) is 0.389. The van der Waals surface area contributed by atoms with Crippen molar-refractivity contribution in [1.29, 1.82) is 0 Å². The maximum atomic E-state index is 12.9. The predicted octanol–water partition coefficient (Wildman–Crippen LogP) is 2.05. The van der Waals surface area contributed by atoms with E-state index in [0.717, 1.165) is 0 Å². The number of nitrogens with one attached hydrogen (secondary N) is 1. The highest BCUT2D eigenvalue weighted by molar-refractivity contribution is 7.98. The van der Waals surface area contributed by atoms with Crippen molar-refractivity contribution in [1.82, 2.24) is 15.5 Å². The highest BCUT2D eigenvalue weighted by atomic mass is 32.2. The highest BCUT2D eigenvalue weighted by Crippen LogP contribution is 2.36. The molecule has 174 valence electrons.